The second kappa shape index (κ2) is 12.6. The van der Waals surface area contributed by atoms with E-state index in [0.29, 0.717) is 37.3 Å². The van der Waals surface area contributed by atoms with E-state index in [4.69, 9.17) is 51.4 Å². The number of rotatable bonds is 5. The molecule has 1 atom stereocenters. The number of nitrogens with one attached hydrogen (secondary N) is 1. The first kappa shape index (κ1) is 32.6. The Morgan fingerprint density at radius 3 is 2.47 bits per heavy atom. The number of phenols is 1. The number of hydrogen-bond acceptors (Lipinski definition) is 7. The molecule has 0 aliphatic carbocycles. The molecule has 234 valence electrons. The Kier molecular flexibility index (Phi) is 9.11. The second-order valence-corrected chi connectivity index (χ2v) is 12.5. The Balaban J connectivity index is 1.90. The van der Waals surface area contributed by atoms with Gasteiger partial charge in [-0.2, -0.15) is 5.26 Å². The van der Waals surface area contributed by atoms with Crippen molar-refractivity contribution >= 4 is 74.7 Å². The number of allylic oxidation sites excluding steroid dienone is 2. The molecule has 2 aromatic heterocycles. The van der Waals surface area contributed by atoms with Gasteiger partial charge in [0.15, 0.2) is 11.6 Å². The molecule has 2 N–H and O–H groups in total. The van der Waals surface area contributed by atoms with E-state index < -0.39 is 22.1 Å². The van der Waals surface area contributed by atoms with Crippen molar-refractivity contribution in [2.45, 2.75) is 26.8 Å². The third kappa shape index (κ3) is 5.42. The lowest BCUT2D eigenvalue weighted by Gasteiger charge is -2.37. The van der Waals surface area contributed by atoms with Crippen LogP contribution in [0.3, 0.4) is 0 Å². The summed E-state index contributed by atoms with van der Waals surface area (Å²) in [6.07, 6.45) is 4.82. The van der Waals surface area contributed by atoms with Crippen LogP contribution in [-0.2, 0) is 4.79 Å². The van der Waals surface area contributed by atoms with E-state index >= 15 is 0 Å². The van der Waals surface area contributed by atoms with Gasteiger partial charge in [-0.05, 0) is 42.8 Å². The van der Waals surface area contributed by atoms with Crippen LogP contribution in [0.5, 0.6) is 5.75 Å². The number of phenolic OH excluding ortho intramolecular Hbond substituents is 1. The molecule has 1 amide bonds. The van der Waals surface area contributed by atoms with Crippen LogP contribution in [0.1, 0.15) is 26.3 Å². The van der Waals surface area contributed by atoms with Gasteiger partial charge in [0.25, 0.3) is 5.56 Å². The van der Waals surface area contributed by atoms with E-state index in [1.807, 2.05) is 25.7 Å². The molecule has 45 heavy (non-hydrogen) atoms. The zero-order chi connectivity index (χ0) is 32.9. The Morgan fingerprint density at radius 1 is 1.20 bits per heavy atom. The lowest BCUT2D eigenvalue weighted by Crippen LogP contribution is -2.49. The second-order valence-electron chi connectivity index (χ2n) is 11.0. The standard InChI is InChI=1S/C31H27Cl4FN6O3/c1-5-19(43)40-8-10-41(11-9-40)28-16-12-18(32)26(20-21(33)22(34)23(35)24(36)29(20)44)39-30(16)42(31(45)17(28)13-37)27-15(4)6-7-38-25(27)14(2)3/h5-7,12,14,25,38,44H,1,8-11H2,2-4H3/t25-/m1/s1. The Bertz CT molecular complexity index is 1910. The minimum absolute atomic E-state index is 0.00281. The Hall–Kier alpha value is -3.75. The largest absolute Gasteiger partial charge is 0.504 e. The summed E-state index contributed by atoms with van der Waals surface area (Å²) in [5.41, 5.74) is 0.394. The van der Waals surface area contributed by atoms with Crippen molar-refractivity contribution in [1.29, 1.82) is 5.26 Å². The molecule has 9 nitrogen and oxygen atoms in total. The Labute approximate surface area is 278 Å². The zero-order valence-corrected chi connectivity index (χ0v) is 27.4. The fourth-order valence-corrected chi connectivity index (χ4v) is 6.65. The summed E-state index contributed by atoms with van der Waals surface area (Å²) in [7, 11) is 0. The number of carbonyl (C=O) groups excluding carboxylic acids is 1. The molecule has 4 heterocycles. The van der Waals surface area contributed by atoms with Crippen molar-refractivity contribution in [3.63, 3.8) is 0 Å². The third-order valence-electron chi connectivity index (χ3n) is 7.96. The van der Waals surface area contributed by atoms with E-state index in [0.717, 1.165) is 5.57 Å². The molecular formula is C31H27Cl4FN6O3. The number of nitrogens with zero attached hydrogens (tertiary/aromatic N) is 5. The number of anilines is 1. The molecular weight excluding hydrogens is 665 g/mol. The van der Waals surface area contributed by atoms with E-state index in [1.54, 1.807) is 17.2 Å². The fourth-order valence-electron chi connectivity index (χ4n) is 5.72. The van der Waals surface area contributed by atoms with Crippen LogP contribution in [0.15, 0.2) is 41.4 Å². The molecule has 2 aliphatic heterocycles. The highest BCUT2D eigenvalue weighted by molar-refractivity contribution is 6.49. The summed E-state index contributed by atoms with van der Waals surface area (Å²) in [6.45, 7) is 10.6. The number of carbonyl (C=O) groups is 1. The van der Waals surface area contributed by atoms with Crippen molar-refractivity contribution in [2.75, 3.05) is 31.1 Å². The molecule has 5 rings (SSSR count). The molecule has 2 aliphatic rings. The first-order valence-electron chi connectivity index (χ1n) is 13.9. The van der Waals surface area contributed by atoms with Crippen LogP contribution >= 0.6 is 46.4 Å². The third-order valence-corrected chi connectivity index (χ3v) is 9.56. The average molecular weight is 692 g/mol. The summed E-state index contributed by atoms with van der Waals surface area (Å²) < 4.78 is 16.3. The number of nitriles is 1. The Morgan fingerprint density at radius 2 is 1.87 bits per heavy atom. The highest BCUT2D eigenvalue weighted by Crippen LogP contribution is 2.48. The number of benzene rings is 1. The van der Waals surface area contributed by atoms with Gasteiger partial charge < -0.3 is 20.2 Å². The smallest absolute Gasteiger partial charge is 0.276 e. The van der Waals surface area contributed by atoms with E-state index in [2.05, 4.69) is 18.0 Å². The maximum atomic E-state index is 15.0. The highest BCUT2D eigenvalue weighted by Gasteiger charge is 2.33. The van der Waals surface area contributed by atoms with Crippen LogP contribution in [0, 0.1) is 23.1 Å². The van der Waals surface area contributed by atoms with Gasteiger partial charge in [0.05, 0.1) is 43.8 Å². The molecule has 0 bridgehead atoms. The van der Waals surface area contributed by atoms with Gasteiger partial charge >= 0.3 is 0 Å². The summed E-state index contributed by atoms with van der Waals surface area (Å²) in [6, 6.07) is 3.23. The van der Waals surface area contributed by atoms with Crippen molar-refractivity contribution in [1.82, 2.24) is 19.8 Å². The lowest BCUT2D eigenvalue weighted by atomic mass is 9.94. The van der Waals surface area contributed by atoms with Crippen molar-refractivity contribution in [3.8, 4) is 23.1 Å². The minimum atomic E-state index is -1.22. The SMILES string of the molecule is C=CC(=O)N1CCN(c2c(C#N)c(=O)n(C3=C(C)C=CN[C@@H]3C(C)C)c3nc(-c4c(O)c(F)c(Cl)c(Cl)c4Cl)c(Cl)cc23)CC1. The summed E-state index contributed by atoms with van der Waals surface area (Å²) >= 11 is 25.4. The molecule has 14 heteroatoms. The predicted molar refractivity (Wildman–Crippen MR) is 177 cm³/mol. The van der Waals surface area contributed by atoms with E-state index in [1.165, 1.54) is 16.7 Å². The van der Waals surface area contributed by atoms with Gasteiger partial charge in [0.2, 0.25) is 5.91 Å². The van der Waals surface area contributed by atoms with Gasteiger partial charge in [-0.1, -0.05) is 66.8 Å². The molecule has 3 aromatic rings. The maximum Gasteiger partial charge on any atom is 0.276 e. The molecule has 0 radical (unpaired) electrons. The monoisotopic (exact) mass is 690 g/mol. The van der Waals surface area contributed by atoms with Gasteiger partial charge in [0.1, 0.15) is 22.3 Å². The van der Waals surface area contributed by atoms with Crippen molar-refractivity contribution in [2.24, 2.45) is 5.92 Å². The van der Waals surface area contributed by atoms with Crippen molar-refractivity contribution < 1.29 is 14.3 Å². The van der Waals surface area contributed by atoms with Crippen molar-refractivity contribution in [3.05, 3.63) is 78.4 Å². The van der Waals surface area contributed by atoms with Crippen LogP contribution in [0.2, 0.25) is 20.1 Å². The minimum Gasteiger partial charge on any atom is -0.504 e. The summed E-state index contributed by atoms with van der Waals surface area (Å²) in [4.78, 5) is 34.9. The fraction of sp³-hybridized carbons (Fsp3) is 0.290. The summed E-state index contributed by atoms with van der Waals surface area (Å²) in [5, 5.41) is 23.6. The van der Waals surface area contributed by atoms with Gasteiger partial charge in [0, 0.05) is 31.6 Å². The van der Waals surface area contributed by atoms with Gasteiger partial charge in [-0.15, -0.1) is 0 Å². The van der Waals surface area contributed by atoms with Crippen LogP contribution in [-0.4, -0.2) is 57.7 Å². The number of aromatic nitrogens is 2. The molecule has 1 fully saturated rings. The number of aromatic hydroxyl groups is 1. The maximum absolute atomic E-state index is 15.0. The number of fused-ring (bicyclic) bond motifs is 1. The van der Waals surface area contributed by atoms with Crippen LogP contribution in [0.4, 0.5) is 10.1 Å². The molecule has 0 saturated carbocycles. The normalized spacial score (nSPS) is 16.8. The van der Waals surface area contributed by atoms with Crippen LogP contribution in [0.25, 0.3) is 28.0 Å². The molecule has 0 unspecified atom stereocenters. The number of amides is 1. The highest BCUT2D eigenvalue weighted by atomic mass is 35.5. The first-order chi connectivity index (χ1) is 21.3. The molecule has 0 spiro atoms. The quantitative estimate of drug-likeness (QED) is 0.176. The zero-order valence-electron chi connectivity index (χ0n) is 24.4. The number of hydrogen-bond donors (Lipinski definition) is 2. The van der Waals surface area contributed by atoms with Gasteiger partial charge in [-0.25, -0.2) is 9.37 Å². The first-order valence-corrected chi connectivity index (χ1v) is 15.4. The van der Waals surface area contributed by atoms with E-state index in [9.17, 15) is 24.3 Å². The van der Waals surface area contributed by atoms with Crippen LogP contribution < -0.4 is 15.8 Å². The number of dihydropyridines is 1. The van der Waals surface area contributed by atoms with Gasteiger partial charge in [-0.3, -0.25) is 14.2 Å². The lowest BCUT2D eigenvalue weighted by molar-refractivity contribution is -0.126. The topological polar surface area (TPSA) is 114 Å². The number of pyridine rings is 2. The predicted octanol–water partition coefficient (Wildman–Crippen LogP) is 6.60. The molecule has 1 saturated heterocycles. The van der Waals surface area contributed by atoms with E-state index in [-0.39, 0.29) is 61.1 Å². The number of halogens is 5. The molecule has 1 aromatic carbocycles. The summed E-state index contributed by atoms with van der Waals surface area (Å²) in [5.74, 6) is -2.37. The average Bonchev–Trinajstić information content (AvgIpc) is 3.02. The number of piperazine rings is 1.